The molecule has 0 fully saturated rings. The molecule has 0 aliphatic carbocycles. The number of para-hydroxylation sites is 2. The number of fused-ring (bicyclic) bond motifs is 8. The average molecular weight is 558 g/mol. The van der Waals surface area contributed by atoms with E-state index in [4.69, 9.17) is 0 Å². The summed E-state index contributed by atoms with van der Waals surface area (Å²) in [5, 5.41) is 5.30. The molecule has 0 aliphatic heterocycles. The molecule has 0 bridgehead atoms. The molecule has 6 aromatic carbocycles. The summed E-state index contributed by atoms with van der Waals surface area (Å²) < 4.78 is 7.80. The Morgan fingerprint density at radius 3 is 2.05 bits per heavy atom. The van der Waals surface area contributed by atoms with Gasteiger partial charge in [-0.05, 0) is 58.7 Å². The monoisotopic (exact) mass is 557 g/mol. The third kappa shape index (κ3) is 3.46. The van der Waals surface area contributed by atoms with Crippen LogP contribution >= 0.6 is 22.7 Å². The molecule has 0 saturated carbocycles. The van der Waals surface area contributed by atoms with Crippen molar-refractivity contribution in [1.82, 2.24) is 4.57 Å². The number of aromatic nitrogens is 1. The molecule has 0 N–H and O–H groups in total. The SMILES string of the molecule is c1ccc(-n2c3ccccc3c3sc4c(-c5cccc(-c6ccc7c(c6)sc6ccccc67)c5)cccc4c32)cc1. The molecule has 0 aliphatic rings. The lowest BCUT2D eigenvalue weighted by Crippen LogP contribution is -1.92. The molecule has 3 heterocycles. The molecule has 9 rings (SSSR count). The van der Waals surface area contributed by atoms with Crippen LogP contribution in [-0.4, -0.2) is 4.57 Å². The van der Waals surface area contributed by atoms with Crippen LogP contribution in [0.2, 0.25) is 0 Å². The van der Waals surface area contributed by atoms with Crippen molar-refractivity contribution in [1.29, 1.82) is 0 Å². The lowest BCUT2D eigenvalue weighted by Gasteiger charge is -2.10. The van der Waals surface area contributed by atoms with Crippen LogP contribution in [0.4, 0.5) is 0 Å². The first-order chi connectivity index (χ1) is 20.3. The van der Waals surface area contributed by atoms with Gasteiger partial charge in [0.2, 0.25) is 0 Å². The first kappa shape index (κ1) is 23.0. The van der Waals surface area contributed by atoms with Crippen molar-refractivity contribution in [3.05, 3.63) is 140 Å². The summed E-state index contributed by atoms with van der Waals surface area (Å²) >= 11 is 3.79. The molecule has 3 aromatic heterocycles. The molecule has 192 valence electrons. The minimum Gasteiger partial charge on any atom is -0.308 e. The molecule has 0 saturated heterocycles. The third-order valence-corrected chi connectivity index (χ3v) is 10.6. The van der Waals surface area contributed by atoms with Gasteiger partial charge in [0.15, 0.2) is 0 Å². The molecule has 0 spiro atoms. The second kappa shape index (κ2) is 8.90. The van der Waals surface area contributed by atoms with Crippen LogP contribution in [-0.2, 0) is 0 Å². The number of benzene rings is 6. The summed E-state index contributed by atoms with van der Waals surface area (Å²) in [5.41, 5.74) is 8.80. The van der Waals surface area contributed by atoms with Gasteiger partial charge >= 0.3 is 0 Å². The van der Waals surface area contributed by atoms with Gasteiger partial charge in [-0.2, -0.15) is 0 Å². The Morgan fingerprint density at radius 1 is 0.415 bits per heavy atom. The Kier molecular flexibility index (Phi) is 5.00. The van der Waals surface area contributed by atoms with Crippen LogP contribution in [0.3, 0.4) is 0 Å². The highest BCUT2D eigenvalue weighted by Crippen LogP contribution is 2.46. The average Bonchev–Trinajstić information content (AvgIpc) is 3.70. The molecule has 0 radical (unpaired) electrons. The summed E-state index contributed by atoms with van der Waals surface area (Å²) in [6, 6.07) is 51.0. The van der Waals surface area contributed by atoms with Crippen LogP contribution in [0.5, 0.6) is 0 Å². The van der Waals surface area contributed by atoms with Gasteiger partial charge in [0.05, 0.1) is 15.7 Å². The Balaban J connectivity index is 1.24. The van der Waals surface area contributed by atoms with Gasteiger partial charge in [-0.1, -0.05) is 103 Å². The maximum absolute atomic E-state index is 2.43. The van der Waals surface area contributed by atoms with Gasteiger partial charge < -0.3 is 4.57 Å². The van der Waals surface area contributed by atoms with Crippen molar-refractivity contribution in [2.24, 2.45) is 0 Å². The van der Waals surface area contributed by atoms with E-state index in [1.807, 2.05) is 22.7 Å². The van der Waals surface area contributed by atoms with Crippen molar-refractivity contribution in [3.63, 3.8) is 0 Å². The van der Waals surface area contributed by atoms with E-state index in [1.54, 1.807) is 0 Å². The predicted octanol–water partition coefficient (Wildman–Crippen LogP) is 11.7. The van der Waals surface area contributed by atoms with E-state index in [9.17, 15) is 0 Å². The number of thiophene rings is 2. The van der Waals surface area contributed by atoms with E-state index in [-0.39, 0.29) is 0 Å². The van der Waals surface area contributed by atoms with E-state index in [0.717, 1.165) is 0 Å². The van der Waals surface area contributed by atoms with E-state index in [2.05, 4.69) is 144 Å². The topological polar surface area (TPSA) is 4.93 Å². The number of hydrogen-bond acceptors (Lipinski definition) is 2. The second-order valence-electron chi connectivity index (χ2n) is 10.5. The summed E-state index contributed by atoms with van der Waals surface area (Å²) in [6.07, 6.45) is 0. The van der Waals surface area contributed by atoms with Crippen LogP contribution in [0, 0.1) is 0 Å². The van der Waals surface area contributed by atoms with Crippen molar-refractivity contribution < 1.29 is 0 Å². The maximum atomic E-state index is 2.43. The van der Waals surface area contributed by atoms with Crippen molar-refractivity contribution >= 4 is 74.1 Å². The molecule has 0 unspecified atom stereocenters. The molecular formula is C38H23NS2. The van der Waals surface area contributed by atoms with E-state index < -0.39 is 0 Å². The first-order valence-corrected chi connectivity index (χ1v) is 15.5. The minimum atomic E-state index is 1.20. The lowest BCUT2D eigenvalue weighted by molar-refractivity contribution is 1.19. The highest BCUT2D eigenvalue weighted by Gasteiger charge is 2.19. The second-order valence-corrected chi connectivity index (χ2v) is 12.6. The van der Waals surface area contributed by atoms with E-state index in [0.29, 0.717) is 0 Å². The Labute approximate surface area is 245 Å². The zero-order valence-corrected chi connectivity index (χ0v) is 23.7. The van der Waals surface area contributed by atoms with Crippen molar-refractivity contribution in [2.45, 2.75) is 0 Å². The zero-order valence-electron chi connectivity index (χ0n) is 22.0. The summed E-state index contributed by atoms with van der Waals surface area (Å²) in [4.78, 5) is 0. The van der Waals surface area contributed by atoms with Crippen LogP contribution in [0.25, 0.3) is 79.3 Å². The minimum absolute atomic E-state index is 1.20. The Morgan fingerprint density at radius 2 is 1.12 bits per heavy atom. The highest BCUT2D eigenvalue weighted by atomic mass is 32.1. The van der Waals surface area contributed by atoms with Crippen molar-refractivity contribution in [2.75, 3.05) is 0 Å². The maximum Gasteiger partial charge on any atom is 0.0727 e. The first-order valence-electron chi connectivity index (χ1n) is 13.9. The number of rotatable bonds is 3. The number of hydrogen-bond donors (Lipinski definition) is 0. The summed E-state index contributed by atoms with van der Waals surface area (Å²) in [6.45, 7) is 0. The molecule has 1 nitrogen and oxygen atoms in total. The van der Waals surface area contributed by atoms with E-state index in [1.165, 1.54) is 79.3 Å². The quantitative estimate of drug-likeness (QED) is 0.204. The van der Waals surface area contributed by atoms with Crippen molar-refractivity contribution in [3.8, 4) is 27.9 Å². The van der Waals surface area contributed by atoms with Gasteiger partial charge in [0.1, 0.15) is 0 Å². The summed E-state index contributed by atoms with van der Waals surface area (Å²) in [7, 11) is 0. The molecular weight excluding hydrogens is 535 g/mol. The van der Waals surface area contributed by atoms with Crippen LogP contribution in [0.15, 0.2) is 140 Å². The molecule has 0 atom stereocenters. The predicted molar refractivity (Wildman–Crippen MR) is 180 cm³/mol. The number of nitrogens with zero attached hydrogens (tertiary/aromatic N) is 1. The Bertz CT molecular complexity index is 2420. The van der Waals surface area contributed by atoms with Gasteiger partial charge in [0, 0.05) is 41.3 Å². The Hall–Kier alpha value is -4.70. The normalized spacial score (nSPS) is 11.9. The summed E-state index contributed by atoms with van der Waals surface area (Å²) in [5.74, 6) is 0. The standard InChI is InChI=1S/C38H23NS2/c1-2-12-27(13-3-1)39-33-18-6-4-15-31(33)38-36(39)32-17-9-16-28(37(32)41-38)26-11-8-10-24(22-26)25-20-21-30-29-14-5-7-19-34(29)40-35(30)23-25/h1-23H. The van der Waals surface area contributed by atoms with Gasteiger partial charge in [-0.25, -0.2) is 0 Å². The van der Waals surface area contributed by atoms with Crippen LogP contribution in [0.1, 0.15) is 0 Å². The fourth-order valence-corrected chi connectivity index (χ4v) is 8.84. The van der Waals surface area contributed by atoms with Gasteiger partial charge in [-0.3, -0.25) is 0 Å². The molecule has 9 aromatic rings. The smallest absolute Gasteiger partial charge is 0.0727 e. The third-order valence-electron chi connectivity index (χ3n) is 8.20. The van der Waals surface area contributed by atoms with Crippen LogP contribution < -0.4 is 0 Å². The largest absolute Gasteiger partial charge is 0.308 e. The fraction of sp³-hybridized carbons (Fsp3) is 0. The molecule has 41 heavy (non-hydrogen) atoms. The van der Waals surface area contributed by atoms with E-state index >= 15 is 0 Å². The molecule has 0 amide bonds. The highest BCUT2D eigenvalue weighted by molar-refractivity contribution is 7.27. The molecule has 3 heteroatoms. The zero-order chi connectivity index (χ0) is 26.9. The lowest BCUT2D eigenvalue weighted by atomic mass is 9.97. The van der Waals surface area contributed by atoms with Gasteiger partial charge in [-0.15, -0.1) is 22.7 Å². The van der Waals surface area contributed by atoms with Gasteiger partial charge in [0.25, 0.3) is 0 Å². The fourth-order valence-electron chi connectivity index (χ4n) is 6.34.